The lowest BCUT2D eigenvalue weighted by Crippen LogP contribution is -2.32. The van der Waals surface area contributed by atoms with Crippen molar-refractivity contribution >= 4 is 50.1 Å². The van der Waals surface area contributed by atoms with Gasteiger partial charge in [-0.15, -0.1) is 10.2 Å². The monoisotopic (exact) mass is 398 g/mol. The number of hydrogen-bond donors (Lipinski definition) is 1. The first-order valence-electron chi connectivity index (χ1n) is 8.00. The van der Waals surface area contributed by atoms with Gasteiger partial charge < -0.3 is 4.74 Å². The van der Waals surface area contributed by atoms with Crippen molar-refractivity contribution < 1.29 is 14.3 Å². The summed E-state index contributed by atoms with van der Waals surface area (Å²) in [6.45, 7) is 0. The molecule has 0 aliphatic carbocycles. The Bertz CT molecular complexity index is 1150. The molecular weight excluding hydrogens is 384 g/mol. The second-order valence-corrected chi connectivity index (χ2v) is 7.49. The van der Waals surface area contributed by atoms with E-state index in [4.69, 9.17) is 4.74 Å². The van der Waals surface area contributed by atoms with E-state index in [9.17, 15) is 9.59 Å². The molecule has 0 saturated heterocycles. The molecule has 9 heteroatoms. The zero-order valence-corrected chi connectivity index (χ0v) is 15.8. The maximum absolute atomic E-state index is 12.3. The number of carbonyl (C=O) groups is 2. The third-order valence-corrected chi connectivity index (χ3v) is 5.79. The molecule has 0 spiro atoms. The Kier molecular flexibility index (Phi) is 4.78. The van der Waals surface area contributed by atoms with E-state index in [2.05, 4.69) is 15.5 Å². The summed E-state index contributed by atoms with van der Waals surface area (Å²) in [6.07, 6.45) is 0. The van der Waals surface area contributed by atoms with E-state index in [0.717, 1.165) is 15.2 Å². The van der Waals surface area contributed by atoms with Crippen molar-refractivity contribution in [2.24, 2.45) is 0 Å². The molecule has 0 bridgehead atoms. The van der Waals surface area contributed by atoms with Gasteiger partial charge in [-0.2, -0.15) is 0 Å². The number of thioether (sulfide) groups is 1. The van der Waals surface area contributed by atoms with Crippen LogP contribution in [-0.2, 0) is 4.79 Å². The van der Waals surface area contributed by atoms with Crippen LogP contribution in [-0.4, -0.2) is 39.3 Å². The molecule has 4 rings (SSSR count). The molecule has 4 aromatic rings. The molecule has 0 aliphatic rings. The summed E-state index contributed by atoms with van der Waals surface area (Å²) in [4.78, 5) is 25.3. The van der Waals surface area contributed by atoms with Gasteiger partial charge >= 0.3 is 0 Å². The fraction of sp³-hybridized carbons (Fsp3) is 0.111. The lowest BCUT2D eigenvalue weighted by molar-refractivity contribution is -0.117. The number of carbonyl (C=O) groups excluding carboxylic acids is 2. The minimum absolute atomic E-state index is 0.0475. The van der Waals surface area contributed by atoms with Crippen LogP contribution in [0, 0.1) is 0 Å². The number of imide groups is 1. The Balaban J connectivity index is 1.47. The van der Waals surface area contributed by atoms with E-state index in [1.54, 1.807) is 24.3 Å². The summed E-state index contributed by atoms with van der Waals surface area (Å²) < 4.78 is 8.16. The highest BCUT2D eigenvalue weighted by atomic mass is 32.2. The van der Waals surface area contributed by atoms with Gasteiger partial charge in [0.2, 0.25) is 10.9 Å². The minimum atomic E-state index is -0.495. The molecule has 1 N–H and O–H groups in total. The molecule has 0 unspecified atom stereocenters. The normalized spacial score (nSPS) is 11.0. The molecule has 27 heavy (non-hydrogen) atoms. The predicted octanol–water partition coefficient (Wildman–Crippen LogP) is 3.00. The number of benzene rings is 2. The van der Waals surface area contributed by atoms with Crippen molar-refractivity contribution in [3.63, 3.8) is 0 Å². The molecule has 2 aromatic heterocycles. The number of nitrogens with zero attached hydrogens (tertiary/aromatic N) is 3. The van der Waals surface area contributed by atoms with Crippen LogP contribution in [0.5, 0.6) is 5.75 Å². The summed E-state index contributed by atoms with van der Waals surface area (Å²) >= 11 is 2.77. The molecule has 0 saturated carbocycles. The van der Waals surface area contributed by atoms with E-state index in [0.29, 0.717) is 16.5 Å². The van der Waals surface area contributed by atoms with E-state index < -0.39 is 11.8 Å². The van der Waals surface area contributed by atoms with Gasteiger partial charge in [-0.05, 0) is 24.3 Å². The first-order valence-corrected chi connectivity index (χ1v) is 9.80. The Morgan fingerprint density at radius 1 is 1.15 bits per heavy atom. The van der Waals surface area contributed by atoms with E-state index in [1.807, 2.05) is 28.7 Å². The number of aromatic nitrogens is 3. The Labute approximate surface area is 162 Å². The smallest absolute Gasteiger partial charge is 0.261 e. The molecular formula is C18H14N4O3S2. The topological polar surface area (TPSA) is 85.6 Å². The van der Waals surface area contributed by atoms with Gasteiger partial charge in [0.15, 0.2) is 5.16 Å². The molecule has 136 valence electrons. The van der Waals surface area contributed by atoms with E-state index in [-0.39, 0.29) is 5.75 Å². The van der Waals surface area contributed by atoms with Gasteiger partial charge in [-0.1, -0.05) is 47.4 Å². The molecule has 2 heterocycles. The number of nitrogens with one attached hydrogen (secondary N) is 1. The van der Waals surface area contributed by atoms with Gasteiger partial charge in [0.25, 0.3) is 5.91 Å². The summed E-state index contributed by atoms with van der Waals surface area (Å²) in [5.74, 6) is -0.441. The fourth-order valence-electron chi connectivity index (χ4n) is 2.64. The highest BCUT2D eigenvalue weighted by Crippen LogP contribution is 2.29. The molecule has 7 nitrogen and oxygen atoms in total. The number of rotatable bonds is 5. The van der Waals surface area contributed by atoms with Crippen molar-refractivity contribution in [3.8, 4) is 5.75 Å². The van der Waals surface area contributed by atoms with E-state index >= 15 is 0 Å². The number of thiazole rings is 1. The van der Waals surface area contributed by atoms with Crippen LogP contribution in [0.15, 0.2) is 53.7 Å². The third kappa shape index (κ3) is 3.38. The molecule has 2 aromatic carbocycles. The Morgan fingerprint density at radius 3 is 2.78 bits per heavy atom. The van der Waals surface area contributed by atoms with Crippen LogP contribution < -0.4 is 10.1 Å². The van der Waals surface area contributed by atoms with Crippen LogP contribution in [0.3, 0.4) is 0 Å². The first-order chi connectivity index (χ1) is 13.2. The Hall–Kier alpha value is -2.91. The maximum atomic E-state index is 12.3. The van der Waals surface area contributed by atoms with Crippen LogP contribution in [0.2, 0.25) is 0 Å². The van der Waals surface area contributed by atoms with E-state index in [1.165, 1.54) is 30.2 Å². The van der Waals surface area contributed by atoms with Gasteiger partial charge in [0.1, 0.15) is 5.75 Å². The second-order valence-electron chi connectivity index (χ2n) is 5.54. The summed E-state index contributed by atoms with van der Waals surface area (Å²) in [5.41, 5.74) is 1.31. The van der Waals surface area contributed by atoms with Gasteiger partial charge in [0, 0.05) is 0 Å². The van der Waals surface area contributed by atoms with Crippen molar-refractivity contribution in [2.45, 2.75) is 5.16 Å². The minimum Gasteiger partial charge on any atom is -0.496 e. The highest BCUT2D eigenvalue weighted by Gasteiger charge is 2.17. The average molecular weight is 398 g/mol. The second kappa shape index (κ2) is 7.37. The van der Waals surface area contributed by atoms with Crippen molar-refractivity contribution in [1.82, 2.24) is 19.9 Å². The summed E-state index contributed by atoms with van der Waals surface area (Å²) in [7, 11) is 1.48. The first kappa shape index (κ1) is 17.5. The van der Waals surface area contributed by atoms with Gasteiger partial charge in [0.05, 0.1) is 28.6 Å². The molecule has 0 fully saturated rings. The molecule has 2 amide bonds. The van der Waals surface area contributed by atoms with Crippen LogP contribution in [0.25, 0.3) is 15.2 Å². The number of para-hydroxylation sites is 2. The van der Waals surface area contributed by atoms with Crippen molar-refractivity contribution in [1.29, 1.82) is 0 Å². The summed E-state index contributed by atoms with van der Waals surface area (Å²) in [6, 6.07) is 14.7. The predicted molar refractivity (Wildman–Crippen MR) is 105 cm³/mol. The third-order valence-electron chi connectivity index (χ3n) is 3.85. The van der Waals surface area contributed by atoms with Gasteiger partial charge in [-0.25, -0.2) is 0 Å². The van der Waals surface area contributed by atoms with Crippen LogP contribution in [0.4, 0.5) is 0 Å². The summed E-state index contributed by atoms with van der Waals surface area (Å²) in [5, 5.41) is 11.3. The number of fused-ring (bicyclic) bond motifs is 3. The molecule has 0 atom stereocenters. The largest absolute Gasteiger partial charge is 0.496 e. The standard InChI is InChI=1S/C18H14N4O3S2/c1-25-13-8-4-2-6-11(13)16(24)19-15(23)10-26-17-20-21-18-22(17)12-7-3-5-9-14(12)27-18/h2-9H,10H2,1H3,(H,19,23,24). The molecule has 0 radical (unpaired) electrons. The fourth-order valence-corrected chi connectivity index (χ4v) is 4.41. The number of methoxy groups -OCH3 is 1. The lowest BCUT2D eigenvalue weighted by Gasteiger charge is -2.07. The zero-order chi connectivity index (χ0) is 18.8. The lowest BCUT2D eigenvalue weighted by atomic mass is 10.2. The van der Waals surface area contributed by atoms with Crippen LogP contribution in [0.1, 0.15) is 10.4 Å². The quantitative estimate of drug-likeness (QED) is 0.520. The zero-order valence-electron chi connectivity index (χ0n) is 14.2. The maximum Gasteiger partial charge on any atom is 0.261 e. The average Bonchev–Trinajstić information content (AvgIpc) is 3.25. The molecule has 0 aliphatic heterocycles. The van der Waals surface area contributed by atoms with Crippen molar-refractivity contribution in [2.75, 3.05) is 12.9 Å². The van der Waals surface area contributed by atoms with Gasteiger partial charge in [-0.3, -0.25) is 19.3 Å². The number of ether oxygens (including phenoxy) is 1. The number of hydrogen-bond acceptors (Lipinski definition) is 7. The van der Waals surface area contributed by atoms with Crippen LogP contribution >= 0.6 is 23.1 Å². The Morgan fingerprint density at radius 2 is 1.93 bits per heavy atom. The highest BCUT2D eigenvalue weighted by molar-refractivity contribution is 7.99. The number of amides is 2. The van der Waals surface area contributed by atoms with Crippen molar-refractivity contribution in [3.05, 3.63) is 54.1 Å². The SMILES string of the molecule is COc1ccccc1C(=O)NC(=O)CSc1nnc2sc3ccccc3n12.